The number of carboxylic acid groups (broad SMARTS) is 1. The van der Waals surface area contributed by atoms with E-state index in [-0.39, 0.29) is 6.42 Å². The molecule has 0 amide bonds. The minimum absolute atomic E-state index is 0.0184. The lowest BCUT2D eigenvalue weighted by Gasteiger charge is -2.23. The molecule has 138 valence electrons. The number of aryl methyl sites for hydroxylation is 5. The van der Waals surface area contributed by atoms with Crippen LogP contribution in [0.3, 0.4) is 0 Å². The van der Waals surface area contributed by atoms with E-state index < -0.39 is 5.97 Å². The van der Waals surface area contributed by atoms with Gasteiger partial charge in [0.2, 0.25) is 0 Å². The van der Waals surface area contributed by atoms with E-state index in [1.807, 2.05) is 13.1 Å². The van der Waals surface area contributed by atoms with Gasteiger partial charge in [0.15, 0.2) is 0 Å². The van der Waals surface area contributed by atoms with Crippen molar-refractivity contribution < 1.29 is 9.90 Å². The molecule has 2 aromatic carbocycles. The van der Waals surface area contributed by atoms with Crippen molar-refractivity contribution in [3.63, 3.8) is 0 Å². The van der Waals surface area contributed by atoms with Crippen molar-refractivity contribution in [2.75, 3.05) is 0 Å². The van der Waals surface area contributed by atoms with Crippen LogP contribution in [0.1, 0.15) is 46.2 Å². The Morgan fingerprint density at radius 1 is 1.04 bits per heavy atom. The monoisotopic (exact) mass is 359 g/mol. The van der Waals surface area contributed by atoms with E-state index in [0.717, 1.165) is 40.6 Å². The third-order valence-corrected chi connectivity index (χ3v) is 5.93. The summed E-state index contributed by atoms with van der Waals surface area (Å²) in [5, 5.41) is 10.8. The molecular formula is C24H25NO2. The van der Waals surface area contributed by atoms with E-state index in [1.54, 1.807) is 0 Å². The van der Waals surface area contributed by atoms with Crippen molar-refractivity contribution in [1.29, 1.82) is 0 Å². The first-order chi connectivity index (χ1) is 13.0. The molecule has 0 spiro atoms. The van der Waals surface area contributed by atoms with Crippen LogP contribution in [-0.4, -0.2) is 16.1 Å². The van der Waals surface area contributed by atoms with E-state index in [0.29, 0.717) is 0 Å². The molecule has 3 heteroatoms. The average molecular weight is 359 g/mol. The molecule has 1 N–H and O–H groups in total. The highest BCUT2D eigenvalue weighted by atomic mass is 16.4. The molecule has 0 radical (unpaired) electrons. The fraction of sp³-hybridized carbons (Fsp3) is 0.333. The smallest absolute Gasteiger partial charge is 0.307 e. The van der Waals surface area contributed by atoms with Crippen molar-refractivity contribution >= 4 is 16.9 Å². The van der Waals surface area contributed by atoms with Gasteiger partial charge in [-0.1, -0.05) is 29.8 Å². The molecule has 4 rings (SSSR count). The van der Waals surface area contributed by atoms with Crippen LogP contribution in [0.25, 0.3) is 22.0 Å². The molecule has 3 nitrogen and oxygen atoms in total. The molecule has 1 aromatic heterocycles. The van der Waals surface area contributed by atoms with Gasteiger partial charge in [-0.25, -0.2) is 0 Å². The first-order valence-electron chi connectivity index (χ1n) is 9.68. The average Bonchev–Trinajstić information content (AvgIpc) is 2.66. The lowest BCUT2D eigenvalue weighted by molar-refractivity contribution is -0.136. The molecule has 0 bridgehead atoms. The summed E-state index contributed by atoms with van der Waals surface area (Å²) in [6, 6.07) is 8.41. The highest BCUT2D eigenvalue weighted by Crippen LogP contribution is 2.40. The zero-order valence-corrected chi connectivity index (χ0v) is 16.2. The van der Waals surface area contributed by atoms with Gasteiger partial charge in [0.05, 0.1) is 11.9 Å². The van der Waals surface area contributed by atoms with Gasteiger partial charge < -0.3 is 5.11 Å². The first kappa shape index (κ1) is 17.7. The van der Waals surface area contributed by atoms with Crippen LogP contribution in [-0.2, 0) is 24.1 Å². The predicted molar refractivity (Wildman–Crippen MR) is 109 cm³/mol. The van der Waals surface area contributed by atoms with Gasteiger partial charge in [0.25, 0.3) is 0 Å². The molecule has 1 aliphatic carbocycles. The fourth-order valence-electron chi connectivity index (χ4n) is 4.56. The second kappa shape index (κ2) is 6.80. The second-order valence-electron chi connectivity index (χ2n) is 7.73. The Balaban J connectivity index is 2.10. The van der Waals surface area contributed by atoms with E-state index in [1.165, 1.54) is 40.5 Å². The van der Waals surface area contributed by atoms with E-state index >= 15 is 0 Å². The largest absolute Gasteiger partial charge is 0.481 e. The quantitative estimate of drug-likeness (QED) is 0.687. The molecule has 0 saturated carbocycles. The van der Waals surface area contributed by atoms with E-state index in [9.17, 15) is 9.90 Å². The van der Waals surface area contributed by atoms with Crippen LogP contribution in [0.2, 0.25) is 0 Å². The van der Waals surface area contributed by atoms with Crippen molar-refractivity contribution in [3.8, 4) is 11.1 Å². The number of aromatic nitrogens is 1. The summed E-state index contributed by atoms with van der Waals surface area (Å²) in [5.41, 5.74) is 10.2. The summed E-state index contributed by atoms with van der Waals surface area (Å²) in [6.07, 6.45) is 6.64. The molecule has 0 atom stereocenters. The highest BCUT2D eigenvalue weighted by molar-refractivity contribution is 5.97. The Morgan fingerprint density at radius 2 is 1.74 bits per heavy atom. The second-order valence-corrected chi connectivity index (χ2v) is 7.73. The van der Waals surface area contributed by atoms with Crippen LogP contribution >= 0.6 is 0 Å². The summed E-state index contributed by atoms with van der Waals surface area (Å²) >= 11 is 0. The molecule has 0 unspecified atom stereocenters. The number of carboxylic acids is 1. The summed E-state index contributed by atoms with van der Waals surface area (Å²) in [5.74, 6) is -0.803. The number of carbonyl (C=O) groups is 1. The topological polar surface area (TPSA) is 50.2 Å². The van der Waals surface area contributed by atoms with Crippen LogP contribution in [0.4, 0.5) is 0 Å². The van der Waals surface area contributed by atoms with Crippen molar-refractivity contribution in [1.82, 2.24) is 4.98 Å². The number of hydrogen-bond acceptors (Lipinski definition) is 2. The zero-order valence-electron chi connectivity index (χ0n) is 16.2. The molecule has 0 saturated heterocycles. The normalized spacial score (nSPS) is 13.6. The zero-order chi connectivity index (χ0) is 19.1. The van der Waals surface area contributed by atoms with Gasteiger partial charge >= 0.3 is 5.97 Å². The number of rotatable bonds is 3. The van der Waals surface area contributed by atoms with Crippen molar-refractivity contribution in [2.24, 2.45) is 0 Å². The van der Waals surface area contributed by atoms with Gasteiger partial charge in [-0.15, -0.1) is 0 Å². The lowest BCUT2D eigenvalue weighted by Crippen LogP contribution is -2.10. The molecule has 1 heterocycles. The Kier molecular flexibility index (Phi) is 4.47. The molecule has 3 aromatic rings. The summed E-state index contributed by atoms with van der Waals surface area (Å²) < 4.78 is 0. The van der Waals surface area contributed by atoms with Crippen LogP contribution in [0.15, 0.2) is 30.5 Å². The van der Waals surface area contributed by atoms with E-state index in [2.05, 4.69) is 38.1 Å². The summed E-state index contributed by atoms with van der Waals surface area (Å²) in [6.45, 7) is 6.24. The van der Waals surface area contributed by atoms with Gasteiger partial charge in [0, 0.05) is 11.6 Å². The van der Waals surface area contributed by atoms with Crippen LogP contribution < -0.4 is 0 Å². The molecule has 1 aliphatic rings. The van der Waals surface area contributed by atoms with Crippen LogP contribution in [0, 0.1) is 20.8 Å². The number of nitrogens with zero attached hydrogens (tertiary/aromatic N) is 1. The third-order valence-electron chi connectivity index (χ3n) is 5.93. The lowest BCUT2D eigenvalue weighted by atomic mass is 9.82. The summed E-state index contributed by atoms with van der Waals surface area (Å²) in [7, 11) is 0. The minimum atomic E-state index is -0.803. The molecule has 27 heavy (non-hydrogen) atoms. The molecule has 0 aliphatic heterocycles. The van der Waals surface area contributed by atoms with Gasteiger partial charge in [-0.05, 0) is 85.4 Å². The van der Waals surface area contributed by atoms with Gasteiger partial charge in [-0.2, -0.15) is 0 Å². The summed E-state index contributed by atoms with van der Waals surface area (Å²) in [4.78, 5) is 16.4. The number of aliphatic carboxylic acids is 1. The Bertz CT molecular complexity index is 1050. The molecule has 0 fully saturated rings. The number of pyridine rings is 1. The highest BCUT2D eigenvalue weighted by Gasteiger charge is 2.23. The van der Waals surface area contributed by atoms with Gasteiger partial charge in [-0.3, -0.25) is 9.78 Å². The maximum absolute atomic E-state index is 11.6. The van der Waals surface area contributed by atoms with Crippen LogP contribution in [0.5, 0.6) is 0 Å². The maximum atomic E-state index is 11.6. The Hall–Kier alpha value is -2.68. The SMILES string of the molecule is Cc1ccc(-c2c(CC(=O)O)c(C)c3ncc4c(c3c2C)CCCC4)cc1. The number of fused-ring (bicyclic) bond motifs is 3. The number of hydrogen-bond donors (Lipinski definition) is 1. The standard InChI is InChI=1S/C24H25NO2/c1-14-8-10-17(11-9-14)22-16(3)23-19-7-5-4-6-18(19)13-25-24(23)15(2)20(22)12-21(26)27/h8-11,13H,4-7,12H2,1-3H3,(H,26,27). The van der Waals surface area contributed by atoms with Crippen molar-refractivity contribution in [2.45, 2.75) is 52.9 Å². The molecular weight excluding hydrogens is 334 g/mol. The predicted octanol–water partition coefficient (Wildman–Crippen LogP) is 5.33. The Morgan fingerprint density at radius 3 is 2.44 bits per heavy atom. The fourth-order valence-corrected chi connectivity index (χ4v) is 4.56. The number of benzene rings is 2. The van der Waals surface area contributed by atoms with Gasteiger partial charge in [0.1, 0.15) is 0 Å². The minimum Gasteiger partial charge on any atom is -0.481 e. The Labute approximate surface area is 160 Å². The first-order valence-corrected chi connectivity index (χ1v) is 9.68. The third kappa shape index (κ3) is 3.01. The van der Waals surface area contributed by atoms with Crippen molar-refractivity contribution in [3.05, 3.63) is 63.8 Å². The maximum Gasteiger partial charge on any atom is 0.307 e. The van der Waals surface area contributed by atoms with E-state index in [4.69, 9.17) is 4.98 Å².